The van der Waals surface area contributed by atoms with Crippen LogP contribution in [-0.2, 0) is 24.2 Å². The van der Waals surface area contributed by atoms with Gasteiger partial charge in [0.25, 0.3) is 5.56 Å². The Bertz CT molecular complexity index is 1210. The van der Waals surface area contributed by atoms with E-state index in [1.165, 1.54) is 4.88 Å². The fourth-order valence-electron chi connectivity index (χ4n) is 3.85. The second-order valence-electron chi connectivity index (χ2n) is 8.84. The van der Waals surface area contributed by atoms with Crippen LogP contribution in [0.25, 0.3) is 10.2 Å². The number of nitrogens with zero attached hydrogens (tertiary/aromatic N) is 2. The number of fused-ring (bicyclic) bond motifs is 3. The molecule has 0 radical (unpaired) electrons. The van der Waals surface area contributed by atoms with Gasteiger partial charge in [0.2, 0.25) is 5.91 Å². The highest BCUT2D eigenvalue weighted by atomic mass is 32.2. The van der Waals surface area contributed by atoms with Gasteiger partial charge in [-0.05, 0) is 48.8 Å². The van der Waals surface area contributed by atoms with Crippen molar-refractivity contribution in [1.29, 1.82) is 0 Å². The molecule has 1 aliphatic carbocycles. The Morgan fingerprint density at radius 2 is 2.21 bits per heavy atom. The van der Waals surface area contributed by atoms with Gasteiger partial charge in [0.1, 0.15) is 10.6 Å². The molecule has 33 heavy (non-hydrogen) atoms. The van der Waals surface area contributed by atoms with Gasteiger partial charge >= 0.3 is 6.03 Å². The van der Waals surface area contributed by atoms with Gasteiger partial charge in [-0.3, -0.25) is 19.5 Å². The van der Waals surface area contributed by atoms with E-state index in [1.807, 2.05) is 19.9 Å². The molecule has 0 bridgehead atoms. The summed E-state index contributed by atoms with van der Waals surface area (Å²) in [6, 6.07) is 3.06. The standard InChI is InChI=1S/C23H28N4O4S2/c1-13(2)10-24-22(30)25-18(28)12-32-23-26-20-19(16-7-6-14(3)9-17(16)33-20)21(29)27(23)11-15-5-4-8-31-15/h4-5,8,13-14H,6-7,9-12H2,1-3H3,(H2,24,25,28,30). The normalized spacial score (nSPS) is 15.6. The summed E-state index contributed by atoms with van der Waals surface area (Å²) >= 11 is 2.72. The number of hydrogen-bond donors (Lipinski definition) is 2. The molecule has 0 fully saturated rings. The van der Waals surface area contributed by atoms with Gasteiger partial charge in [-0.25, -0.2) is 9.78 Å². The molecule has 1 unspecified atom stereocenters. The molecule has 3 aromatic rings. The van der Waals surface area contributed by atoms with Crippen LogP contribution in [0, 0.1) is 11.8 Å². The quantitative estimate of drug-likeness (QED) is 0.387. The first-order chi connectivity index (χ1) is 15.8. The van der Waals surface area contributed by atoms with E-state index in [0.717, 1.165) is 36.6 Å². The van der Waals surface area contributed by atoms with Crippen LogP contribution in [0.15, 0.2) is 32.8 Å². The second-order valence-corrected chi connectivity index (χ2v) is 10.9. The number of hydrogen-bond acceptors (Lipinski definition) is 7. The molecular weight excluding hydrogens is 460 g/mol. The lowest BCUT2D eigenvalue weighted by Crippen LogP contribution is -2.41. The summed E-state index contributed by atoms with van der Waals surface area (Å²) in [5, 5.41) is 6.11. The number of thioether (sulfide) groups is 1. The number of rotatable bonds is 7. The zero-order chi connectivity index (χ0) is 23.5. The van der Waals surface area contributed by atoms with E-state index in [9.17, 15) is 14.4 Å². The first-order valence-electron chi connectivity index (χ1n) is 11.1. The van der Waals surface area contributed by atoms with Gasteiger partial charge in [-0.15, -0.1) is 11.3 Å². The van der Waals surface area contributed by atoms with E-state index in [-0.39, 0.29) is 23.8 Å². The van der Waals surface area contributed by atoms with Crippen molar-refractivity contribution in [2.45, 2.75) is 51.7 Å². The summed E-state index contributed by atoms with van der Waals surface area (Å²) in [6.45, 7) is 6.89. The van der Waals surface area contributed by atoms with Crippen LogP contribution in [0.4, 0.5) is 4.79 Å². The van der Waals surface area contributed by atoms with E-state index in [2.05, 4.69) is 17.6 Å². The minimum atomic E-state index is -0.522. The molecule has 0 spiro atoms. The van der Waals surface area contributed by atoms with Gasteiger partial charge in [0.05, 0.1) is 23.9 Å². The Morgan fingerprint density at radius 3 is 2.94 bits per heavy atom. The van der Waals surface area contributed by atoms with Gasteiger partial charge < -0.3 is 9.73 Å². The van der Waals surface area contributed by atoms with Crippen molar-refractivity contribution in [3.05, 3.63) is 45.0 Å². The highest BCUT2D eigenvalue weighted by Gasteiger charge is 2.25. The molecule has 8 nitrogen and oxygen atoms in total. The van der Waals surface area contributed by atoms with Crippen LogP contribution < -0.4 is 16.2 Å². The lowest BCUT2D eigenvalue weighted by atomic mass is 9.89. The zero-order valence-corrected chi connectivity index (χ0v) is 20.6. The molecule has 4 rings (SSSR count). The fourth-order valence-corrected chi connectivity index (χ4v) is 6.07. The molecule has 3 aromatic heterocycles. The lowest BCUT2D eigenvalue weighted by molar-refractivity contribution is -0.117. The van der Waals surface area contributed by atoms with E-state index in [0.29, 0.717) is 33.6 Å². The number of carbonyl (C=O) groups is 2. The van der Waals surface area contributed by atoms with Gasteiger partial charge in [-0.1, -0.05) is 32.5 Å². The van der Waals surface area contributed by atoms with Crippen LogP contribution >= 0.6 is 23.1 Å². The first-order valence-corrected chi connectivity index (χ1v) is 12.9. The minimum absolute atomic E-state index is 0.0344. The summed E-state index contributed by atoms with van der Waals surface area (Å²) in [5.41, 5.74) is 1.01. The van der Waals surface area contributed by atoms with Crippen LogP contribution in [-0.4, -0.2) is 33.8 Å². The molecule has 1 atom stereocenters. The molecule has 0 aromatic carbocycles. The van der Waals surface area contributed by atoms with Crippen molar-refractivity contribution in [2.24, 2.45) is 11.8 Å². The third kappa shape index (κ3) is 5.50. The smallest absolute Gasteiger partial charge is 0.321 e. The maximum absolute atomic E-state index is 13.6. The molecule has 3 amide bonds. The van der Waals surface area contributed by atoms with E-state index in [1.54, 1.807) is 28.2 Å². The predicted molar refractivity (Wildman–Crippen MR) is 130 cm³/mol. The van der Waals surface area contributed by atoms with Crippen molar-refractivity contribution in [2.75, 3.05) is 12.3 Å². The van der Waals surface area contributed by atoms with Crippen LogP contribution in [0.3, 0.4) is 0 Å². The number of imide groups is 1. The molecule has 1 aliphatic rings. The molecular formula is C23H28N4O4S2. The third-order valence-electron chi connectivity index (χ3n) is 5.53. The minimum Gasteiger partial charge on any atom is -0.467 e. The van der Waals surface area contributed by atoms with Crippen LogP contribution in [0.1, 0.15) is 43.4 Å². The summed E-state index contributed by atoms with van der Waals surface area (Å²) < 4.78 is 7.04. The molecule has 0 saturated carbocycles. The molecule has 0 aliphatic heterocycles. The highest BCUT2D eigenvalue weighted by molar-refractivity contribution is 7.99. The Balaban J connectivity index is 1.60. The average molecular weight is 489 g/mol. The summed E-state index contributed by atoms with van der Waals surface area (Å²) in [5.74, 6) is 1.03. The summed E-state index contributed by atoms with van der Waals surface area (Å²) in [4.78, 5) is 44.5. The third-order valence-corrected chi connectivity index (χ3v) is 7.66. The van der Waals surface area contributed by atoms with Gasteiger partial charge in [0.15, 0.2) is 5.16 Å². The SMILES string of the molecule is CC(C)CNC(=O)NC(=O)CSc1nc2sc3c(c2c(=O)n1Cc1ccco1)CCC(C)C3. The Kier molecular flexibility index (Phi) is 7.23. The fraction of sp³-hybridized carbons (Fsp3) is 0.478. The first kappa shape index (κ1) is 23.6. The number of urea groups is 1. The van der Waals surface area contributed by atoms with Gasteiger partial charge in [-0.2, -0.15) is 0 Å². The molecule has 2 N–H and O–H groups in total. The van der Waals surface area contributed by atoms with E-state index >= 15 is 0 Å². The number of carbonyl (C=O) groups excluding carboxylic acids is 2. The number of furan rings is 1. The molecule has 3 heterocycles. The van der Waals surface area contributed by atoms with Crippen LogP contribution in [0.5, 0.6) is 0 Å². The predicted octanol–water partition coefficient (Wildman–Crippen LogP) is 3.80. The summed E-state index contributed by atoms with van der Waals surface area (Å²) in [7, 11) is 0. The zero-order valence-electron chi connectivity index (χ0n) is 19.0. The number of aromatic nitrogens is 2. The van der Waals surface area contributed by atoms with Gasteiger partial charge in [0, 0.05) is 11.4 Å². The van der Waals surface area contributed by atoms with Crippen molar-refractivity contribution < 1.29 is 14.0 Å². The number of nitrogens with one attached hydrogen (secondary N) is 2. The number of aryl methyl sites for hydroxylation is 1. The monoisotopic (exact) mass is 488 g/mol. The largest absolute Gasteiger partial charge is 0.467 e. The average Bonchev–Trinajstić information content (AvgIpc) is 3.40. The Morgan fingerprint density at radius 1 is 1.39 bits per heavy atom. The maximum atomic E-state index is 13.6. The van der Waals surface area contributed by atoms with Crippen molar-refractivity contribution in [1.82, 2.24) is 20.2 Å². The van der Waals surface area contributed by atoms with Crippen LogP contribution in [0.2, 0.25) is 0 Å². The number of thiophene rings is 1. The number of amides is 3. The van der Waals surface area contributed by atoms with E-state index in [4.69, 9.17) is 9.40 Å². The maximum Gasteiger partial charge on any atom is 0.321 e. The van der Waals surface area contributed by atoms with E-state index < -0.39 is 11.9 Å². The Hall–Kier alpha value is -2.59. The second kappa shape index (κ2) is 10.1. The molecule has 0 saturated heterocycles. The van der Waals surface area contributed by atoms with Crippen molar-refractivity contribution in [3.8, 4) is 0 Å². The molecule has 176 valence electrons. The van der Waals surface area contributed by atoms with Crippen molar-refractivity contribution in [3.63, 3.8) is 0 Å². The summed E-state index contributed by atoms with van der Waals surface area (Å²) in [6.07, 6.45) is 4.47. The lowest BCUT2D eigenvalue weighted by Gasteiger charge is -2.17. The molecule has 10 heteroatoms. The topological polar surface area (TPSA) is 106 Å². The Labute approximate surface area is 200 Å². The highest BCUT2D eigenvalue weighted by Crippen LogP contribution is 2.36. The van der Waals surface area contributed by atoms with Crippen molar-refractivity contribution >= 4 is 45.3 Å².